The summed E-state index contributed by atoms with van der Waals surface area (Å²) in [6.07, 6.45) is 9.71. The molecule has 7 rings (SSSR count). The summed E-state index contributed by atoms with van der Waals surface area (Å²) < 4.78 is 1.77. The molecule has 5 heterocycles. The summed E-state index contributed by atoms with van der Waals surface area (Å²) in [5, 5.41) is 6.71. The molecular weight excluding hydrogens is 548 g/mol. The summed E-state index contributed by atoms with van der Waals surface area (Å²) in [7, 11) is 0. The van der Waals surface area contributed by atoms with Crippen LogP contribution in [0.3, 0.4) is 0 Å². The number of anilines is 1. The first kappa shape index (κ1) is 27.9. The van der Waals surface area contributed by atoms with Crippen molar-refractivity contribution < 1.29 is 24.0 Å². The molecule has 2 aromatic rings. The fourth-order valence-electron chi connectivity index (χ4n) is 7.95. The average Bonchev–Trinajstić information content (AvgIpc) is 3.77. The second-order valence-corrected chi connectivity index (χ2v) is 13.5. The number of likely N-dealkylation sites (tertiary alicyclic amines) is 1. The van der Waals surface area contributed by atoms with E-state index in [1.54, 1.807) is 10.7 Å². The van der Waals surface area contributed by atoms with E-state index in [2.05, 4.69) is 20.2 Å². The Balaban J connectivity index is 0.951. The maximum Gasteiger partial charge on any atom is 0.262 e. The van der Waals surface area contributed by atoms with E-state index >= 15 is 0 Å². The Morgan fingerprint density at radius 3 is 2.33 bits per heavy atom. The van der Waals surface area contributed by atoms with E-state index < -0.39 is 29.3 Å². The molecule has 4 amide bonds. The number of amides is 4. The van der Waals surface area contributed by atoms with E-state index in [1.165, 1.54) is 18.4 Å². The third-order valence-electron chi connectivity index (χ3n) is 10.5. The molecule has 4 aliphatic heterocycles. The molecule has 1 aliphatic carbocycles. The summed E-state index contributed by atoms with van der Waals surface area (Å²) in [5.41, 5.74) is 2.20. The van der Waals surface area contributed by atoms with Crippen molar-refractivity contribution >= 4 is 35.6 Å². The van der Waals surface area contributed by atoms with Crippen LogP contribution < -0.4 is 10.2 Å². The zero-order valence-electron chi connectivity index (χ0n) is 24.7. The number of aldehydes is 1. The van der Waals surface area contributed by atoms with Crippen LogP contribution in [0.1, 0.15) is 84.6 Å². The van der Waals surface area contributed by atoms with Crippen molar-refractivity contribution in [3.63, 3.8) is 0 Å². The smallest absolute Gasteiger partial charge is 0.262 e. The van der Waals surface area contributed by atoms with E-state index in [0.29, 0.717) is 34.9 Å². The first-order valence-electron chi connectivity index (χ1n) is 15.5. The number of rotatable bonds is 6. The minimum absolute atomic E-state index is 0.108. The Bertz CT molecular complexity index is 1490. The molecule has 3 saturated heterocycles. The van der Waals surface area contributed by atoms with E-state index in [-0.39, 0.29) is 18.7 Å². The molecule has 0 radical (unpaired) electrons. The summed E-state index contributed by atoms with van der Waals surface area (Å²) in [5.74, 6) is -0.232. The third kappa shape index (κ3) is 4.77. The summed E-state index contributed by atoms with van der Waals surface area (Å²) in [6.45, 7) is 7.76. The third-order valence-corrected chi connectivity index (χ3v) is 10.5. The lowest BCUT2D eigenvalue weighted by Crippen LogP contribution is -2.54. The number of imide groups is 2. The van der Waals surface area contributed by atoms with Gasteiger partial charge in [-0.05, 0) is 101 Å². The molecule has 1 aromatic heterocycles. The van der Waals surface area contributed by atoms with Gasteiger partial charge < -0.3 is 14.6 Å². The van der Waals surface area contributed by atoms with Crippen LogP contribution in [-0.2, 0) is 19.9 Å². The van der Waals surface area contributed by atoms with Crippen molar-refractivity contribution in [3.05, 3.63) is 47.3 Å². The second kappa shape index (κ2) is 10.4. The second-order valence-electron chi connectivity index (χ2n) is 13.5. The van der Waals surface area contributed by atoms with Gasteiger partial charge in [-0.15, -0.1) is 0 Å². The highest BCUT2D eigenvalue weighted by Gasteiger charge is 2.46. The van der Waals surface area contributed by atoms with Gasteiger partial charge in [-0.2, -0.15) is 5.10 Å². The van der Waals surface area contributed by atoms with Gasteiger partial charge >= 0.3 is 0 Å². The zero-order valence-corrected chi connectivity index (χ0v) is 24.7. The molecule has 4 fully saturated rings. The van der Waals surface area contributed by atoms with Gasteiger partial charge in [0.05, 0.1) is 17.3 Å². The molecule has 0 spiro atoms. The van der Waals surface area contributed by atoms with Crippen LogP contribution in [0.2, 0.25) is 0 Å². The minimum Gasteiger partial charge on any atom is -0.371 e. The fourth-order valence-corrected chi connectivity index (χ4v) is 7.95. The molecule has 1 N–H and O–H groups in total. The van der Waals surface area contributed by atoms with E-state index in [0.717, 1.165) is 55.9 Å². The molecule has 1 saturated carbocycles. The van der Waals surface area contributed by atoms with E-state index in [1.807, 2.05) is 38.4 Å². The predicted octanol–water partition coefficient (Wildman–Crippen LogP) is 2.31. The van der Waals surface area contributed by atoms with Crippen LogP contribution in [0.15, 0.2) is 30.6 Å². The number of carbonyl (C=O) groups excluding carboxylic acids is 5. The van der Waals surface area contributed by atoms with Crippen LogP contribution in [0.4, 0.5) is 5.69 Å². The summed E-state index contributed by atoms with van der Waals surface area (Å²) in [6, 6.07) is 5.08. The highest BCUT2D eigenvalue weighted by molar-refractivity contribution is 6.23. The van der Waals surface area contributed by atoms with E-state index in [9.17, 15) is 24.0 Å². The Hall–Kier alpha value is -3.86. The van der Waals surface area contributed by atoms with Gasteiger partial charge in [-0.3, -0.25) is 34.1 Å². The Morgan fingerprint density at radius 2 is 1.65 bits per heavy atom. The van der Waals surface area contributed by atoms with Crippen LogP contribution in [0, 0.1) is 11.8 Å². The van der Waals surface area contributed by atoms with E-state index in [4.69, 9.17) is 0 Å². The molecule has 3 unspecified atom stereocenters. The molecule has 43 heavy (non-hydrogen) atoms. The Labute approximate surface area is 250 Å². The standard InChI is InChI=1S/C32H38N6O5/c1-32(2,18-39)37-17-22(14-33-37)19-7-9-35(10-8-19)24-11-20-15-36(16-21(20)12-24)23-3-4-25-26(13-23)31(43)38(30(25)42)27-5-6-28(40)34-29(27)41/h3-4,13-14,17-21,24,27H,5-12,15-16H2,1-2H3,(H,34,40,41). The molecule has 11 nitrogen and oxygen atoms in total. The van der Waals surface area contributed by atoms with Crippen LogP contribution in [0.25, 0.3) is 0 Å². The molecule has 5 aliphatic rings. The minimum atomic E-state index is -0.950. The first-order valence-corrected chi connectivity index (χ1v) is 15.5. The van der Waals surface area contributed by atoms with Crippen molar-refractivity contribution in [1.29, 1.82) is 0 Å². The highest BCUT2D eigenvalue weighted by Crippen LogP contribution is 2.44. The van der Waals surface area contributed by atoms with Crippen molar-refractivity contribution in [2.24, 2.45) is 11.8 Å². The van der Waals surface area contributed by atoms with Gasteiger partial charge in [0.1, 0.15) is 17.9 Å². The Kier molecular flexibility index (Phi) is 6.76. The Morgan fingerprint density at radius 1 is 0.953 bits per heavy atom. The number of hydrogen-bond acceptors (Lipinski definition) is 8. The number of carbonyl (C=O) groups is 5. The predicted molar refractivity (Wildman–Crippen MR) is 156 cm³/mol. The van der Waals surface area contributed by atoms with Crippen molar-refractivity contribution in [2.45, 2.75) is 75.9 Å². The average molecular weight is 587 g/mol. The van der Waals surface area contributed by atoms with Gasteiger partial charge in [0.15, 0.2) is 0 Å². The molecule has 226 valence electrons. The van der Waals surface area contributed by atoms with Crippen LogP contribution in [0.5, 0.6) is 0 Å². The van der Waals surface area contributed by atoms with Crippen molar-refractivity contribution in [2.75, 3.05) is 31.1 Å². The van der Waals surface area contributed by atoms with Gasteiger partial charge in [0, 0.05) is 37.4 Å². The molecular formula is C32H38N6O5. The van der Waals surface area contributed by atoms with Gasteiger partial charge in [-0.25, -0.2) is 0 Å². The van der Waals surface area contributed by atoms with Crippen LogP contribution >= 0.6 is 0 Å². The number of piperidine rings is 2. The van der Waals surface area contributed by atoms with Gasteiger partial charge in [-0.1, -0.05) is 0 Å². The lowest BCUT2D eigenvalue weighted by Gasteiger charge is -2.36. The number of hydrogen-bond donors (Lipinski definition) is 1. The topological polar surface area (TPSA) is 125 Å². The summed E-state index contributed by atoms with van der Waals surface area (Å²) in [4.78, 5) is 67.8. The molecule has 1 aromatic carbocycles. The largest absolute Gasteiger partial charge is 0.371 e. The quantitative estimate of drug-likeness (QED) is 0.404. The van der Waals surface area contributed by atoms with Crippen molar-refractivity contribution in [3.8, 4) is 0 Å². The normalized spacial score (nSPS) is 28.4. The lowest BCUT2D eigenvalue weighted by atomic mass is 9.90. The molecule has 3 atom stereocenters. The SMILES string of the molecule is CC(C)(C=O)n1cc(C2CCN(C3CC4CN(c5ccc6c(c5)C(=O)N(C5CCC(=O)NC5=O)C6=O)CC4C3)CC2)cn1. The zero-order chi connectivity index (χ0) is 30.0. The first-order chi connectivity index (χ1) is 20.6. The van der Waals surface area contributed by atoms with Crippen LogP contribution in [-0.4, -0.2) is 87.8 Å². The van der Waals surface area contributed by atoms with Crippen molar-refractivity contribution in [1.82, 2.24) is 24.9 Å². The van der Waals surface area contributed by atoms with Gasteiger partial charge in [0.25, 0.3) is 11.8 Å². The maximum atomic E-state index is 13.3. The fraction of sp³-hybridized carbons (Fsp3) is 0.562. The number of benzene rings is 1. The molecule has 11 heteroatoms. The number of aromatic nitrogens is 2. The highest BCUT2D eigenvalue weighted by atomic mass is 16.2. The summed E-state index contributed by atoms with van der Waals surface area (Å²) >= 11 is 0. The lowest BCUT2D eigenvalue weighted by molar-refractivity contribution is -0.136. The number of fused-ring (bicyclic) bond motifs is 2. The maximum absolute atomic E-state index is 13.3. The number of nitrogens with zero attached hydrogens (tertiary/aromatic N) is 5. The number of nitrogens with one attached hydrogen (secondary N) is 1. The molecule has 0 bridgehead atoms. The van der Waals surface area contributed by atoms with Gasteiger partial charge in [0.2, 0.25) is 11.8 Å². The monoisotopic (exact) mass is 586 g/mol.